The number of hydrogen-bond donors (Lipinski definition) is 6. The van der Waals surface area contributed by atoms with Crippen molar-refractivity contribution < 1.29 is 39.1 Å². The van der Waals surface area contributed by atoms with Crippen LogP contribution in [0.5, 0.6) is 0 Å². The van der Waals surface area contributed by atoms with E-state index >= 15 is 0 Å². The van der Waals surface area contributed by atoms with Crippen LogP contribution in [0.2, 0.25) is 0 Å². The lowest BCUT2D eigenvalue weighted by atomic mass is 9.77. The van der Waals surface area contributed by atoms with Crippen LogP contribution in [0.1, 0.15) is 26.2 Å². The molecule has 0 aromatic rings. The van der Waals surface area contributed by atoms with Gasteiger partial charge < -0.3 is 46.3 Å². The summed E-state index contributed by atoms with van der Waals surface area (Å²) in [5.74, 6) is -0.482. The quantitative estimate of drug-likeness (QED) is 0.283. The van der Waals surface area contributed by atoms with Gasteiger partial charge in [0.1, 0.15) is 30.2 Å². The number of aliphatic hydroxyl groups excluding tert-OH is 3. The number of hydrogen-bond acceptors (Lipinski definition) is 10. The molecule has 3 rings (SSSR count). The maximum Gasteiger partial charge on any atom is 0.407 e. The minimum absolute atomic E-state index is 0.0195. The van der Waals surface area contributed by atoms with Crippen molar-refractivity contribution in [1.29, 1.82) is 0 Å². The SMILES string of the molecule is CCC(=O)C[C@@H]1CC(N)[C@H](O[C@@H]2OC3CNC(=O)O[C@@H]3[C@H](O)C2N)[C@H](O)C1O. The fourth-order valence-corrected chi connectivity index (χ4v) is 4.05. The predicted molar refractivity (Wildman–Crippen MR) is 93.8 cm³/mol. The number of nitrogens with two attached hydrogens (primary N) is 2. The van der Waals surface area contributed by atoms with Crippen LogP contribution in [0.3, 0.4) is 0 Å². The molecule has 1 saturated carbocycles. The van der Waals surface area contributed by atoms with Crippen molar-refractivity contribution in [3.05, 3.63) is 0 Å². The molecule has 0 aromatic carbocycles. The molecular weight excluding hydrogens is 374 g/mol. The summed E-state index contributed by atoms with van der Waals surface area (Å²) < 4.78 is 16.5. The molecule has 10 atom stereocenters. The van der Waals surface area contributed by atoms with Gasteiger partial charge in [0.2, 0.25) is 0 Å². The second-order valence-electron chi connectivity index (χ2n) is 7.70. The average molecular weight is 403 g/mol. The molecule has 11 nitrogen and oxygen atoms in total. The number of alkyl carbamates (subject to hydrolysis) is 1. The smallest absolute Gasteiger partial charge is 0.407 e. The van der Waals surface area contributed by atoms with E-state index in [9.17, 15) is 24.9 Å². The highest BCUT2D eigenvalue weighted by atomic mass is 16.7. The third-order valence-corrected chi connectivity index (χ3v) is 5.75. The molecule has 4 unspecified atom stereocenters. The van der Waals surface area contributed by atoms with Crippen LogP contribution >= 0.6 is 0 Å². The van der Waals surface area contributed by atoms with Crippen molar-refractivity contribution in [2.75, 3.05) is 6.54 Å². The highest BCUT2D eigenvalue weighted by molar-refractivity contribution is 5.78. The van der Waals surface area contributed by atoms with Crippen LogP contribution in [-0.4, -0.2) is 88.7 Å². The van der Waals surface area contributed by atoms with Crippen molar-refractivity contribution in [2.45, 2.75) is 81.2 Å². The Hall–Kier alpha value is -1.34. The van der Waals surface area contributed by atoms with E-state index in [1.165, 1.54) is 0 Å². The summed E-state index contributed by atoms with van der Waals surface area (Å²) in [4.78, 5) is 23.0. The third-order valence-electron chi connectivity index (χ3n) is 5.75. The van der Waals surface area contributed by atoms with Gasteiger partial charge in [0.15, 0.2) is 12.4 Å². The largest absolute Gasteiger partial charge is 0.441 e. The zero-order valence-corrected chi connectivity index (χ0v) is 15.6. The Labute approximate surface area is 162 Å². The van der Waals surface area contributed by atoms with E-state index in [-0.39, 0.29) is 25.2 Å². The monoisotopic (exact) mass is 403 g/mol. The molecule has 0 aromatic heterocycles. The fraction of sp³-hybridized carbons (Fsp3) is 0.882. The predicted octanol–water partition coefficient (Wildman–Crippen LogP) is -2.67. The second kappa shape index (κ2) is 8.57. The lowest BCUT2D eigenvalue weighted by Gasteiger charge is -2.47. The van der Waals surface area contributed by atoms with Crippen LogP contribution in [0, 0.1) is 5.92 Å². The summed E-state index contributed by atoms with van der Waals surface area (Å²) >= 11 is 0. The first-order chi connectivity index (χ1) is 13.2. The Bertz CT molecular complexity index is 591. The molecule has 0 radical (unpaired) electrons. The molecule has 0 bridgehead atoms. The maximum atomic E-state index is 11.7. The first kappa shape index (κ1) is 21.4. The minimum atomic E-state index is -1.34. The van der Waals surface area contributed by atoms with Gasteiger partial charge in [0.05, 0.1) is 18.7 Å². The van der Waals surface area contributed by atoms with E-state index in [1.54, 1.807) is 6.92 Å². The number of rotatable bonds is 5. The number of ether oxygens (including phenoxy) is 3. The summed E-state index contributed by atoms with van der Waals surface area (Å²) in [6.45, 7) is 1.84. The molecule has 28 heavy (non-hydrogen) atoms. The summed E-state index contributed by atoms with van der Waals surface area (Å²) in [6.07, 6.45) is -7.40. The van der Waals surface area contributed by atoms with Crippen LogP contribution in [-0.2, 0) is 19.0 Å². The molecule has 160 valence electrons. The third kappa shape index (κ3) is 4.15. The van der Waals surface area contributed by atoms with E-state index in [2.05, 4.69) is 5.32 Å². The summed E-state index contributed by atoms with van der Waals surface area (Å²) in [5, 5.41) is 33.7. The summed E-state index contributed by atoms with van der Waals surface area (Å²) in [5.41, 5.74) is 12.1. The van der Waals surface area contributed by atoms with Gasteiger partial charge in [0, 0.05) is 18.9 Å². The topological polar surface area (TPSA) is 187 Å². The number of carbonyl (C=O) groups is 2. The van der Waals surface area contributed by atoms with Crippen LogP contribution in [0.25, 0.3) is 0 Å². The number of aliphatic hydroxyl groups is 3. The number of fused-ring (bicyclic) bond motifs is 1. The van der Waals surface area contributed by atoms with E-state index in [0.29, 0.717) is 6.42 Å². The van der Waals surface area contributed by atoms with Crippen LogP contribution in [0.4, 0.5) is 4.79 Å². The molecule has 2 saturated heterocycles. The summed E-state index contributed by atoms with van der Waals surface area (Å²) in [7, 11) is 0. The van der Waals surface area contributed by atoms with Crippen molar-refractivity contribution in [2.24, 2.45) is 17.4 Å². The van der Waals surface area contributed by atoms with E-state index in [1.807, 2.05) is 0 Å². The van der Waals surface area contributed by atoms with Gasteiger partial charge in [0.25, 0.3) is 0 Å². The average Bonchev–Trinajstić information content (AvgIpc) is 2.67. The van der Waals surface area contributed by atoms with Gasteiger partial charge in [-0.2, -0.15) is 0 Å². The molecule has 1 aliphatic carbocycles. The minimum Gasteiger partial charge on any atom is -0.441 e. The highest BCUT2D eigenvalue weighted by Gasteiger charge is 2.51. The Kier molecular flexibility index (Phi) is 6.54. The van der Waals surface area contributed by atoms with Crippen molar-refractivity contribution in [1.82, 2.24) is 5.32 Å². The van der Waals surface area contributed by atoms with Gasteiger partial charge in [-0.25, -0.2) is 4.79 Å². The van der Waals surface area contributed by atoms with Crippen LogP contribution in [0.15, 0.2) is 0 Å². The molecule has 3 fully saturated rings. The molecule has 1 amide bonds. The van der Waals surface area contributed by atoms with Crippen molar-refractivity contribution in [3.8, 4) is 0 Å². The molecule has 8 N–H and O–H groups in total. The van der Waals surface area contributed by atoms with Gasteiger partial charge in [-0.1, -0.05) is 6.92 Å². The number of nitrogens with one attached hydrogen (secondary N) is 1. The van der Waals surface area contributed by atoms with Gasteiger partial charge in [-0.05, 0) is 12.3 Å². The molecular formula is C17H29N3O8. The molecule has 2 heterocycles. The van der Waals surface area contributed by atoms with E-state index < -0.39 is 67.0 Å². The standard InChI is InChI=1S/C17H29N3O8/c1-2-7(21)3-6-4-8(18)14(13(24)11(6)22)27-16-10(19)12(23)15-9(26-16)5-20-17(25)28-15/h6,8-16,22-24H,2-5,18-19H2,1H3,(H,20,25)/t6-,8?,9?,10?,11?,12-,13-,14+,15+,16+/m1/s1. The summed E-state index contributed by atoms with van der Waals surface area (Å²) in [6, 6.07) is -1.72. The number of amides is 1. The number of ketones is 1. The van der Waals surface area contributed by atoms with Gasteiger partial charge >= 0.3 is 6.09 Å². The normalized spacial score (nSPS) is 46.3. The zero-order valence-electron chi connectivity index (χ0n) is 15.6. The number of carbonyl (C=O) groups excluding carboxylic acids is 2. The first-order valence-electron chi connectivity index (χ1n) is 9.55. The highest BCUT2D eigenvalue weighted by Crippen LogP contribution is 2.32. The Balaban J connectivity index is 1.66. The number of Topliss-reactive ketones (excluding diaryl/α,β-unsaturated/α-hetero) is 1. The van der Waals surface area contributed by atoms with E-state index in [0.717, 1.165) is 0 Å². The molecule has 0 spiro atoms. The van der Waals surface area contributed by atoms with Gasteiger partial charge in [-0.15, -0.1) is 0 Å². The second-order valence-corrected chi connectivity index (χ2v) is 7.70. The molecule has 3 aliphatic rings. The molecule has 11 heteroatoms. The Morgan fingerprint density at radius 2 is 1.96 bits per heavy atom. The maximum absolute atomic E-state index is 11.7. The lowest BCUT2D eigenvalue weighted by molar-refractivity contribution is -0.293. The first-order valence-corrected chi connectivity index (χ1v) is 9.55. The molecule has 2 aliphatic heterocycles. The fourth-order valence-electron chi connectivity index (χ4n) is 4.05. The zero-order chi connectivity index (χ0) is 20.6. The Morgan fingerprint density at radius 3 is 2.64 bits per heavy atom. The van der Waals surface area contributed by atoms with E-state index in [4.69, 9.17) is 25.7 Å². The Morgan fingerprint density at radius 1 is 1.25 bits per heavy atom. The van der Waals surface area contributed by atoms with Crippen LogP contribution < -0.4 is 16.8 Å². The lowest BCUT2D eigenvalue weighted by Crippen LogP contribution is -2.69. The van der Waals surface area contributed by atoms with Crippen molar-refractivity contribution in [3.63, 3.8) is 0 Å². The van der Waals surface area contributed by atoms with Crippen molar-refractivity contribution >= 4 is 11.9 Å². The van der Waals surface area contributed by atoms with Gasteiger partial charge in [-0.3, -0.25) is 4.79 Å².